The third-order valence-electron chi connectivity index (χ3n) is 6.25. The second-order valence-corrected chi connectivity index (χ2v) is 8.37. The van der Waals surface area contributed by atoms with Crippen LogP contribution in [0.15, 0.2) is 51.8 Å². The molecule has 32 heavy (non-hydrogen) atoms. The number of fused-ring (bicyclic) bond motifs is 2. The van der Waals surface area contributed by atoms with E-state index in [1.807, 2.05) is 56.3 Å². The van der Waals surface area contributed by atoms with Gasteiger partial charge in [0.15, 0.2) is 0 Å². The van der Waals surface area contributed by atoms with E-state index in [4.69, 9.17) is 4.52 Å². The van der Waals surface area contributed by atoms with E-state index in [-0.39, 0.29) is 17.6 Å². The first-order valence-corrected chi connectivity index (χ1v) is 10.9. The Kier molecular flexibility index (Phi) is 5.13. The van der Waals surface area contributed by atoms with E-state index >= 15 is 0 Å². The molecule has 3 heterocycles. The van der Waals surface area contributed by atoms with Crippen LogP contribution in [0.3, 0.4) is 0 Å². The van der Waals surface area contributed by atoms with Crippen LogP contribution < -0.4 is 11.0 Å². The summed E-state index contributed by atoms with van der Waals surface area (Å²) in [6.07, 6.45) is 2.05. The molecular weight excluding hydrogens is 406 g/mol. The van der Waals surface area contributed by atoms with Crippen LogP contribution in [0.2, 0.25) is 0 Å². The summed E-state index contributed by atoms with van der Waals surface area (Å²) in [5.41, 5.74) is 2.17. The van der Waals surface area contributed by atoms with Gasteiger partial charge in [-0.25, -0.2) is 9.48 Å². The molecule has 0 radical (unpaired) electrons. The van der Waals surface area contributed by atoms with Crippen LogP contribution in [-0.2, 0) is 19.5 Å². The van der Waals surface area contributed by atoms with Crippen molar-refractivity contribution in [2.24, 2.45) is 0 Å². The molecule has 2 aromatic heterocycles. The molecule has 4 aromatic rings. The molecular formula is C24H25N5O3. The Morgan fingerprint density at radius 1 is 1.16 bits per heavy atom. The van der Waals surface area contributed by atoms with E-state index in [1.54, 1.807) is 4.57 Å². The van der Waals surface area contributed by atoms with E-state index in [1.165, 1.54) is 4.68 Å². The van der Waals surface area contributed by atoms with E-state index in [2.05, 4.69) is 15.6 Å². The van der Waals surface area contributed by atoms with Gasteiger partial charge >= 0.3 is 5.69 Å². The van der Waals surface area contributed by atoms with Crippen LogP contribution in [0.1, 0.15) is 46.0 Å². The predicted molar refractivity (Wildman–Crippen MR) is 120 cm³/mol. The zero-order valence-corrected chi connectivity index (χ0v) is 18.2. The summed E-state index contributed by atoms with van der Waals surface area (Å²) in [4.78, 5) is 25.7. The Morgan fingerprint density at radius 2 is 1.97 bits per heavy atom. The van der Waals surface area contributed by atoms with Crippen molar-refractivity contribution in [3.05, 3.63) is 81.4 Å². The average molecular weight is 431 g/mol. The number of hydrogen-bond acceptors (Lipinski definition) is 5. The quantitative estimate of drug-likeness (QED) is 0.536. The molecule has 8 nitrogen and oxygen atoms in total. The molecule has 0 spiro atoms. The normalized spacial score (nSPS) is 16.0. The first kappa shape index (κ1) is 20.2. The molecule has 1 atom stereocenters. The van der Waals surface area contributed by atoms with Crippen molar-refractivity contribution >= 4 is 16.7 Å². The fraction of sp³-hybridized carbons (Fsp3) is 0.333. The molecule has 0 aliphatic carbocycles. The second-order valence-electron chi connectivity index (χ2n) is 8.37. The third kappa shape index (κ3) is 3.72. The average Bonchev–Trinajstić information content (AvgIpc) is 3.19. The summed E-state index contributed by atoms with van der Waals surface area (Å²) >= 11 is 0. The molecule has 0 saturated carbocycles. The summed E-state index contributed by atoms with van der Waals surface area (Å²) in [5.74, 6) is 1.37. The number of carbonyl (C=O) groups excluding carboxylic acids is 1. The highest BCUT2D eigenvalue weighted by Crippen LogP contribution is 2.18. The van der Waals surface area contributed by atoms with Gasteiger partial charge in [-0.3, -0.25) is 9.36 Å². The van der Waals surface area contributed by atoms with E-state index in [0.29, 0.717) is 37.3 Å². The monoisotopic (exact) mass is 431 g/mol. The first-order valence-electron chi connectivity index (χ1n) is 10.9. The van der Waals surface area contributed by atoms with Crippen molar-refractivity contribution in [1.29, 1.82) is 0 Å². The van der Waals surface area contributed by atoms with Crippen molar-refractivity contribution in [3.8, 4) is 0 Å². The molecule has 0 saturated heterocycles. The summed E-state index contributed by atoms with van der Waals surface area (Å²) < 4.78 is 8.40. The Labute approximate surface area is 184 Å². The van der Waals surface area contributed by atoms with E-state index < -0.39 is 0 Å². The van der Waals surface area contributed by atoms with Gasteiger partial charge in [0, 0.05) is 30.1 Å². The van der Waals surface area contributed by atoms with Gasteiger partial charge in [-0.2, -0.15) is 5.10 Å². The lowest BCUT2D eigenvalue weighted by atomic mass is 10.1. The smallest absolute Gasteiger partial charge is 0.346 e. The number of amides is 1. The van der Waals surface area contributed by atoms with Crippen molar-refractivity contribution in [3.63, 3.8) is 0 Å². The molecule has 2 aromatic carbocycles. The number of rotatable bonds is 4. The fourth-order valence-corrected chi connectivity index (χ4v) is 4.35. The molecule has 0 fully saturated rings. The molecule has 1 aliphatic heterocycles. The highest BCUT2D eigenvalue weighted by atomic mass is 16.5. The first-order chi connectivity index (χ1) is 15.5. The standard InChI is InChI=1S/C24H25N5O3/c1-15-21(16(2)32-27-15)14-29-24(31)28-12-11-20(9-10-22(28)26-29)25-23(30)19-8-7-17-5-3-4-6-18(17)13-19/h3-8,13,20H,9-12,14H2,1-2H3,(H,25,30). The number of nitrogens with one attached hydrogen (secondary N) is 1. The summed E-state index contributed by atoms with van der Waals surface area (Å²) in [5, 5.41) is 13.8. The molecule has 1 amide bonds. The van der Waals surface area contributed by atoms with Gasteiger partial charge in [-0.15, -0.1) is 0 Å². The van der Waals surface area contributed by atoms with Crippen LogP contribution in [-0.4, -0.2) is 31.5 Å². The largest absolute Gasteiger partial charge is 0.361 e. The number of aryl methyl sites for hydroxylation is 3. The molecule has 0 bridgehead atoms. The van der Waals surface area contributed by atoms with Crippen LogP contribution in [0, 0.1) is 13.8 Å². The van der Waals surface area contributed by atoms with Crippen molar-refractivity contribution in [1.82, 2.24) is 24.8 Å². The Hall–Kier alpha value is -3.68. The van der Waals surface area contributed by atoms with Crippen molar-refractivity contribution in [2.45, 2.75) is 52.2 Å². The fourth-order valence-electron chi connectivity index (χ4n) is 4.35. The highest BCUT2D eigenvalue weighted by molar-refractivity contribution is 5.98. The number of nitrogens with zero attached hydrogens (tertiary/aromatic N) is 4. The molecule has 164 valence electrons. The Balaban J connectivity index is 1.28. The number of carbonyl (C=O) groups is 1. The number of aromatic nitrogens is 4. The third-order valence-corrected chi connectivity index (χ3v) is 6.25. The topological polar surface area (TPSA) is 94.9 Å². The predicted octanol–water partition coefficient (Wildman–Crippen LogP) is 2.99. The minimum Gasteiger partial charge on any atom is -0.361 e. The molecule has 1 aliphatic rings. The second kappa shape index (κ2) is 8.11. The van der Waals surface area contributed by atoms with Gasteiger partial charge < -0.3 is 9.84 Å². The summed E-state index contributed by atoms with van der Waals surface area (Å²) in [7, 11) is 0. The van der Waals surface area contributed by atoms with Gasteiger partial charge in [0.25, 0.3) is 5.91 Å². The number of hydrogen-bond donors (Lipinski definition) is 1. The maximum Gasteiger partial charge on any atom is 0.346 e. The van der Waals surface area contributed by atoms with Gasteiger partial charge in [0.2, 0.25) is 0 Å². The lowest BCUT2D eigenvalue weighted by molar-refractivity contribution is 0.0933. The maximum atomic E-state index is 12.9. The zero-order valence-electron chi connectivity index (χ0n) is 18.2. The van der Waals surface area contributed by atoms with Crippen LogP contribution in [0.4, 0.5) is 0 Å². The maximum absolute atomic E-state index is 12.9. The number of benzene rings is 2. The Bertz CT molecular complexity index is 1340. The minimum atomic E-state index is -0.137. The van der Waals surface area contributed by atoms with E-state index in [0.717, 1.165) is 34.3 Å². The lowest BCUT2D eigenvalue weighted by Gasteiger charge is -2.16. The van der Waals surface area contributed by atoms with Gasteiger partial charge in [0.1, 0.15) is 11.6 Å². The SMILES string of the molecule is Cc1noc(C)c1Cn1nc2n(c1=O)CCC(NC(=O)c1ccc3ccccc3c1)CC2. The summed E-state index contributed by atoms with van der Waals surface area (Å²) in [6, 6.07) is 13.7. The van der Waals surface area contributed by atoms with Gasteiger partial charge in [-0.1, -0.05) is 35.5 Å². The van der Waals surface area contributed by atoms with Crippen LogP contribution >= 0.6 is 0 Å². The molecule has 1 N–H and O–H groups in total. The Morgan fingerprint density at radius 3 is 2.75 bits per heavy atom. The minimum absolute atomic E-state index is 0.00826. The van der Waals surface area contributed by atoms with Gasteiger partial charge in [-0.05, 0) is 49.6 Å². The zero-order chi connectivity index (χ0) is 22.2. The van der Waals surface area contributed by atoms with Gasteiger partial charge in [0.05, 0.1) is 12.2 Å². The van der Waals surface area contributed by atoms with Crippen molar-refractivity contribution in [2.75, 3.05) is 0 Å². The lowest BCUT2D eigenvalue weighted by Crippen LogP contribution is -2.35. The molecule has 1 unspecified atom stereocenters. The highest BCUT2D eigenvalue weighted by Gasteiger charge is 2.23. The summed E-state index contributed by atoms with van der Waals surface area (Å²) in [6.45, 7) is 4.57. The molecule has 8 heteroatoms. The molecule has 5 rings (SSSR count). The van der Waals surface area contributed by atoms with Crippen molar-refractivity contribution < 1.29 is 9.32 Å². The van der Waals surface area contributed by atoms with Crippen LogP contribution in [0.5, 0.6) is 0 Å². The van der Waals surface area contributed by atoms with Crippen LogP contribution in [0.25, 0.3) is 10.8 Å². The van der Waals surface area contributed by atoms with E-state index in [9.17, 15) is 9.59 Å².